The maximum atomic E-state index is 13.4. The Kier molecular flexibility index (Phi) is 5.29. The van der Waals surface area contributed by atoms with Crippen LogP contribution in [0.15, 0.2) is 36.4 Å². The Morgan fingerprint density at radius 2 is 1.62 bits per heavy atom. The number of aliphatic hydroxyl groups is 1. The fourth-order valence-corrected chi connectivity index (χ4v) is 4.90. The van der Waals surface area contributed by atoms with Crippen LogP contribution in [0.5, 0.6) is 11.5 Å². The quantitative estimate of drug-likeness (QED) is 0.654. The molecule has 0 aliphatic carbocycles. The first kappa shape index (κ1) is 22.9. The number of alkyl halides is 3. The first-order valence-corrected chi connectivity index (χ1v) is 10.8. The maximum Gasteiger partial charge on any atom is 0.416 e. The zero-order valence-corrected chi connectivity index (χ0v) is 19.2. The van der Waals surface area contributed by atoms with Crippen LogP contribution in [0, 0.1) is 0 Å². The van der Waals surface area contributed by atoms with Crippen LogP contribution < -0.4 is 9.47 Å². The molecule has 32 heavy (non-hydrogen) atoms. The highest BCUT2D eigenvalue weighted by atomic mass is 19.4. The molecule has 0 fully saturated rings. The minimum Gasteiger partial charge on any atom is -0.487 e. The van der Waals surface area contributed by atoms with Gasteiger partial charge < -0.3 is 14.6 Å². The van der Waals surface area contributed by atoms with Crippen LogP contribution in [0.3, 0.4) is 0 Å². The molecular weight excluding hydrogens is 419 g/mol. The van der Waals surface area contributed by atoms with Crippen molar-refractivity contribution >= 4 is 0 Å². The molecule has 3 atom stereocenters. The molecule has 0 saturated carbocycles. The van der Waals surface area contributed by atoms with E-state index in [1.165, 1.54) is 12.1 Å². The normalized spacial score (nSPS) is 26.0. The fraction of sp³-hybridized carbons (Fsp3) is 0.520. The van der Waals surface area contributed by atoms with Gasteiger partial charge >= 0.3 is 6.18 Å². The van der Waals surface area contributed by atoms with Gasteiger partial charge in [-0.3, -0.25) is 4.90 Å². The lowest BCUT2D eigenvalue weighted by Gasteiger charge is -2.46. The molecule has 2 aliphatic heterocycles. The highest BCUT2D eigenvalue weighted by Crippen LogP contribution is 2.51. The number of hydrogen-bond acceptors (Lipinski definition) is 4. The van der Waals surface area contributed by atoms with E-state index in [-0.39, 0.29) is 12.0 Å². The summed E-state index contributed by atoms with van der Waals surface area (Å²) < 4.78 is 52.6. The van der Waals surface area contributed by atoms with Crippen molar-refractivity contribution in [1.82, 2.24) is 4.90 Å². The molecule has 0 amide bonds. The van der Waals surface area contributed by atoms with Crippen molar-refractivity contribution < 1.29 is 27.8 Å². The van der Waals surface area contributed by atoms with Gasteiger partial charge in [-0.15, -0.1) is 0 Å². The third-order valence-corrected chi connectivity index (χ3v) is 6.48. The summed E-state index contributed by atoms with van der Waals surface area (Å²) >= 11 is 0. The van der Waals surface area contributed by atoms with E-state index < -0.39 is 29.0 Å². The standard InChI is InChI=1S/C25H30F3NO3/c1-23(2)13-18(14-8-7-9-15(10-14)25(26,27)28)16-11-17-20(12-19(16)31-23)32-24(3,4)22(30)21(17)29(5)6/h7-12,18,21-22,30H,13H2,1-6H3/t18-,21+,22-/m1/s1. The first-order valence-electron chi connectivity index (χ1n) is 10.8. The van der Waals surface area contributed by atoms with Gasteiger partial charge in [0.05, 0.1) is 11.6 Å². The van der Waals surface area contributed by atoms with E-state index >= 15 is 0 Å². The van der Waals surface area contributed by atoms with Crippen molar-refractivity contribution in [2.24, 2.45) is 0 Å². The van der Waals surface area contributed by atoms with Crippen molar-refractivity contribution in [3.8, 4) is 11.5 Å². The monoisotopic (exact) mass is 449 g/mol. The molecule has 0 unspecified atom stereocenters. The van der Waals surface area contributed by atoms with Gasteiger partial charge in [0.1, 0.15) is 28.8 Å². The first-order chi connectivity index (χ1) is 14.7. The Morgan fingerprint density at radius 3 is 2.25 bits per heavy atom. The van der Waals surface area contributed by atoms with Crippen molar-refractivity contribution in [2.75, 3.05) is 14.1 Å². The average Bonchev–Trinajstić information content (AvgIpc) is 2.65. The molecular formula is C25H30F3NO3. The lowest BCUT2D eigenvalue weighted by atomic mass is 9.77. The topological polar surface area (TPSA) is 41.9 Å². The van der Waals surface area contributed by atoms with Gasteiger partial charge in [0, 0.05) is 23.1 Å². The van der Waals surface area contributed by atoms with E-state index in [0.717, 1.165) is 17.2 Å². The summed E-state index contributed by atoms with van der Waals surface area (Å²) in [5, 5.41) is 11.0. The van der Waals surface area contributed by atoms with Crippen LogP contribution in [-0.4, -0.2) is 41.4 Å². The van der Waals surface area contributed by atoms with Crippen LogP contribution in [0.25, 0.3) is 0 Å². The number of ether oxygens (including phenoxy) is 2. The van der Waals surface area contributed by atoms with Gasteiger partial charge in [-0.1, -0.05) is 18.2 Å². The van der Waals surface area contributed by atoms with Crippen LogP contribution in [-0.2, 0) is 6.18 Å². The largest absolute Gasteiger partial charge is 0.487 e. The smallest absolute Gasteiger partial charge is 0.416 e. The van der Waals surface area contributed by atoms with Crippen molar-refractivity contribution in [2.45, 2.75) is 69.6 Å². The minimum absolute atomic E-state index is 0.281. The summed E-state index contributed by atoms with van der Waals surface area (Å²) in [5.74, 6) is 0.946. The van der Waals surface area contributed by atoms with Gasteiger partial charge in [-0.2, -0.15) is 13.2 Å². The zero-order valence-electron chi connectivity index (χ0n) is 19.2. The predicted octanol–water partition coefficient (Wildman–Crippen LogP) is 5.53. The van der Waals surface area contributed by atoms with E-state index in [9.17, 15) is 18.3 Å². The summed E-state index contributed by atoms with van der Waals surface area (Å²) in [4.78, 5) is 1.94. The number of aliphatic hydroxyl groups excluding tert-OH is 1. The number of likely N-dealkylation sites (N-methyl/N-ethyl adjacent to an activating group) is 1. The van der Waals surface area contributed by atoms with Crippen molar-refractivity contribution in [1.29, 1.82) is 0 Å². The molecule has 2 aromatic carbocycles. The molecule has 4 nitrogen and oxygen atoms in total. The van der Waals surface area contributed by atoms with Crippen LogP contribution >= 0.6 is 0 Å². The van der Waals surface area contributed by atoms with Crippen LogP contribution in [0.1, 0.15) is 68.3 Å². The Hall–Kier alpha value is -2.25. The third kappa shape index (κ3) is 3.97. The lowest BCUT2D eigenvalue weighted by Crippen LogP contribution is -2.52. The summed E-state index contributed by atoms with van der Waals surface area (Å²) in [6.45, 7) is 7.56. The number of nitrogens with zero attached hydrogens (tertiary/aromatic N) is 1. The Morgan fingerprint density at radius 1 is 0.969 bits per heavy atom. The van der Waals surface area contributed by atoms with E-state index in [1.54, 1.807) is 6.07 Å². The number of fused-ring (bicyclic) bond motifs is 2. The molecule has 2 aromatic rings. The second-order valence-electron chi connectivity index (χ2n) is 10.2. The molecule has 2 aliphatic rings. The van der Waals surface area contributed by atoms with Gasteiger partial charge in [0.2, 0.25) is 0 Å². The summed E-state index contributed by atoms with van der Waals surface area (Å²) in [7, 11) is 3.78. The summed E-state index contributed by atoms with van der Waals surface area (Å²) in [5.41, 5.74) is 0.179. The summed E-state index contributed by atoms with van der Waals surface area (Å²) in [6.07, 6.45) is -4.66. The van der Waals surface area contributed by atoms with Crippen LogP contribution in [0.2, 0.25) is 0 Å². The molecule has 4 rings (SSSR count). The molecule has 2 heterocycles. The molecule has 0 radical (unpaired) electrons. The second kappa shape index (κ2) is 7.39. The van der Waals surface area contributed by atoms with Gasteiger partial charge in [-0.05, 0) is 65.9 Å². The SMILES string of the molecule is CN(C)[C@H]1c2cc3c(cc2OC(C)(C)[C@@H]1O)OC(C)(C)C[C@@H]3c1cccc(C(F)(F)F)c1. The second-order valence-corrected chi connectivity index (χ2v) is 10.2. The molecule has 0 saturated heterocycles. The molecule has 7 heteroatoms. The third-order valence-electron chi connectivity index (χ3n) is 6.48. The average molecular weight is 450 g/mol. The highest BCUT2D eigenvalue weighted by molar-refractivity contribution is 5.55. The molecule has 0 aromatic heterocycles. The Bertz CT molecular complexity index is 1030. The molecule has 174 valence electrons. The van der Waals surface area contributed by atoms with E-state index in [2.05, 4.69) is 0 Å². The lowest BCUT2D eigenvalue weighted by molar-refractivity contribution is -0.137. The summed E-state index contributed by atoms with van der Waals surface area (Å²) in [6, 6.07) is 8.96. The number of rotatable bonds is 2. The van der Waals surface area contributed by atoms with Crippen LogP contribution in [0.4, 0.5) is 13.2 Å². The van der Waals surface area contributed by atoms with Gasteiger partial charge in [0.15, 0.2) is 0 Å². The van der Waals surface area contributed by atoms with Gasteiger partial charge in [-0.25, -0.2) is 0 Å². The number of hydrogen-bond donors (Lipinski definition) is 1. The fourth-order valence-electron chi connectivity index (χ4n) is 4.90. The Balaban J connectivity index is 1.89. The zero-order chi connectivity index (χ0) is 23.6. The van der Waals surface area contributed by atoms with E-state index in [1.807, 2.05) is 58.8 Å². The minimum atomic E-state index is -4.41. The highest BCUT2D eigenvalue weighted by Gasteiger charge is 2.46. The molecule has 1 N–H and O–H groups in total. The molecule has 0 bridgehead atoms. The number of benzene rings is 2. The number of halogens is 3. The van der Waals surface area contributed by atoms with Crippen molar-refractivity contribution in [3.63, 3.8) is 0 Å². The van der Waals surface area contributed by atoms with Gasteiger partial charge in [0.25, 0.3) is 0 Å². The van der Waals surface area contributed by atoms with E-state index in [0.29, 0.717) is 23.5 Å². The predicted molar refractivity (Wildman–Crippen MR) is 116 cm³/mol. The van der Waals surface area contributed by atoms with E-state index in [4.69, 9.17) is 9.47 Å². The maximum absolute atomic E-state index is 13.4. The molecule has 0 spiro atoms. The van der Waals surface area contributed by atoms with Crippen molar-refractivity contribution in [3.05, 3.63) is 58.7 Å². The Labute approximate surface area is 186 Å².